The molecule has 6 heterocycles. The molecule has 7 rings (SSSR count). The van der Waals surface area contributed by atoms with Gasteiger partial charge in [0.2, 0.25) is 5.95 Å². The number of phosphoric ester groups is 1. The van der Waals surface area contributed by atoms with Crippen molar-refractivity contribution in [3.8, 4) is 0 Å². The molecule has 0 amide bonds. The van der Waals surface area contributed by atoms with Gasteiger partial charge in [-0.2, -0.15) is 4.98 Å². The maximum atomic E-state index is 13.3. The molecule has 24 heteroatoms. The van der Waals surface area contributed by atoms with Gasteiger partial charge in [-0.05, 0) is 6.42 Å². The number of aromatic nitrogens is 8. The van der Waals surface area contributed by atoms with Crippen LogP contribution in [0, 0.1) is 5.92 Å². The topological polar surface area (TPSA) is 320 Å². The van der Waals surface area contributed by atoms with Gasteiger partial charge in [-0.3, -0.25) is 32.5 Å². The van der Waals surface area contributed by atoms with Crippen molar-refractivity contribution >= 4 is 49.5 Å². The number of nitrogens with two attached hydrogens (primary N) is 2. The van der Waals surface area contributed by atoms with E-state index in [-0.39, 0.29) is 40.5 Å². The van der Waals surface area contributed by atoms with Gasteiger partial charge >= 0.3 is 15.4 Å². The first-order valence-electron chi connectivity index (χ1n) is 13.3. The van der Waals surface area contributed by atoms with Crippen LogP contribution in [0.15, 0.2) is 23.8 Å². The van der Waals surface area contributed by atoms with Gasteiger partial charge in [-0.25, -0.2) is 24.5 Å². The predicted molar refractivity (Wildman–Crippen MR) is 147 cm³/mol. The summed E-state index contributed by atoms with van der Waals surface area (Å²) in [4.78, 5) is 56.2. The Morgan fingerprint density at radius 3 is 2.51 bits per heavy atom. The molecule has 22 nitrogen and oxygen atoms in total. The maximum Gasteiger partial charge on any atom is 0.472 e. The lowest BCUT2D eigenvalue weighted by Gasteiger charge is -2.27. The normalized spacial score (nSPS) is 37.7. The second kappa shape index (κ2) is 10.9. The number of nitrogen functional groups attached to an aromatic ring is 2. The number of aromatic amines is 1. The van der Waals surface area contributed by atoms with Gasteiger partial charge < -0.3 is 45.5 Å². The van der Waals surface area contributed by atoms with Crippen molar-refractivity contribution in [3.63, 3.8) is 0 Å². The quantitative estimate of drug-likeness (QED) is 0.117. The summed E-state index contributed by atoms with van der Waals surface area (Å²) in [7, 11) is -9.77. The number of nitrogens with zero attached hydrogens (tertiary/aromatic N) is 7. The first-order chi connectivity index (χ1) is 21.3. The van der Waals surface area contributed by atoms with Crippen molar-refractivity contribution in [2.45, 2.75) is 49.4 Å². The van der Waals surface area contributed by atoms with E-state index in [1.165, 1.54) is 21.8 Å². The Kier molecular flexibility index (Phi) is 7.30. The average Bonchev–Trinajstić information content (AvgIpc) is 3.72. The molecule has 242 valence electrons. The van der Waals surface area contributed by atoms with Crippen molar-refractivity contribution in [2.75, 3.05) is 24.4 Å². The van der Waals surface area contributed by atoms with Gasteiger partial charge in [0.1, 0.15) is 24.1 Å². The van der Waals surface area contributed by atoms with Gasteiger partial charge in [-0.1, -0.05) is 0 Å². The van der Waals surface area contributed by atoms with E-state index in [1.54, 1.807) is 0 Å². The monoisotopic (exact) mass is 672 g/mol. The number of H-pyrrole nitrogens is 1. The standard InChI is InChI=1S/C21H26N10O12P2/c22-15-9-16(25-3-24-15)31(5-26-9)19-12(33)14-20(41-19)39-6-44(35,36)42-13-8(1-7(11(13)32)2-40-45(37,38)43-14)30-4-27-10-17(30)28-21(23)29-18(10)34/h3-5,7-8,11-14,19-20,32-33H,1-2,6H2,(H,35,36)(H,37,38)(H2,22,24,25)(H3,23,28,29,34)/t7-,8-,11?,12+,13-,14?,19-,20+/m1/s1. The van der Waals surface area contributed by atoms with E-state index >= 15 is 0 Å². The van der Waals surface area contributed by atoms with Gasteiger partial charge in [0.25, 0.3) is 5.56 Å². The fraction of sp³-hybridized carbons (Fsp3) is 0.524. The van der Waals surface area contributed by atoms with Crippen LogP contribution in [-0.4, -0.2) is 103 Å². The molecule has 4 aromatic heterocycles. The molecule has 0 spiro atoms. The summed E-state index contributed by atoms with van der Waals surface area (Å²) < 4.78 is 56.3. The van der Waals surface area contributed by atoms with Gasteiger partial charge in [0.05, 0.1) is 31.4 Å². The lowest BCUT2D eigenvalue weighted by molar-refractivity contribution is -0.166. The van der Waals surface area contributed by atoms with Crippen molar-refractivity contribution in [2.24, 2.45) is 5.92 Å². The summed E-state index contributed by atoms with van der Waals surface area (Å²) in [6.45, 7) is -0.592. The molecule has 10 atom stereocenters. The van der Waals surface area contributed by atoms with Crippen molar-refractivity contribution in [1.29, 1.82) is 0 Å². The van der Waals surface area contributed by atoms with Crippen LogP contribution in [-0.2, 0) is 32.2 Å². The first-order valence-corrected chi connectivity index (χ1v) is 16.5. The molecule has 3 fully saturated rings. The molecule has 1 aliphatic carbocycles. The minimum Gasteiger partial charge on any atom is -0.390 e. The number of rotatable bonds is 2. The Balaban J connectivity index is 1.21. The Bertz CT molecular complexity index is 1940. The molecule has 2 aliphatic heterocycles. The molecule has 4 aromatic rings. The summed E-state index contributed by atoms with van der Waals surface area (Å²) in [5.74, 6) is -1.14. The largest absolute Gasteiger partial charge is 0.472 e. The van der Waals surface area contributed by atoms with Gasteiger partial charge in [0, 0.05) is 5.92 Å². The second-order valence-corrected chi connectivity index (χ2v) is 13.8. The van der Waals surface area contributed by atoms with Gasteiger partial charge in [-0.15, -0.1) is 0 Å². The number of nitrogens with one attached hydrogen (secondary N) is 1. The Morgan fingerprint density at radius 1 is 0.956 bits per heavy atom. The third-order valence-electron chi connectivity index (χ3n) is 7.78. The number of hydrogen-bond donors (Lipinski definition) is 7. The van der Waals surface area contributed by atoms with E-state index in [0.717, 1.165) is 6.33 Å². The summed E-state index contributed by atoms with van der Waals surface area (Å²) >= 11 is 0. The number of fused-ring (bicyclic) bond motifs is 5. The summed E-state index contributed by atoms with van der Waals surface area (Å²) in [6.07, 6.45) is -7.04. The summed E-state index contributed by atoms with van der Waals surface area (Å²) in [6, 6.07) is -0.972. The molecule has 1 saturated carbocycles. The van der Waals surface area contributed by atoms with Crippen molar-refractivity contribution in [3.05, 3.63) is 29.3 Å². The molecule has 0 radical (unpaired) electrons. The SMILES string of the molecule is Nc1nc2c(ncn2[C@@H]2C[C@@H]3COP(=O)(O)OC4[C@@H](OCP(=O)(O)O[C@H]2C3O)O[C@@H](n2cnc3c(N)ncnc32)[C@H]4O)c(=O)[nH]1. The highest BCUT2D eigenvalue weighted by Crippen LogP contribution is 2.54. The smallest absolute Gasteiger partial charge is 0.390 e. The number of hydrogen-bond acceptors (Lipinski definition) is 17. The molecule has 3 aliphatic rings. The third kappa shape index (κ3) is 5.32. The minimum absolute atomic E-state index is 0.00574. The van der Waals surface area contributed by atoms with Crippen LogP contribution < -0.4 is 17.0 Å². The van der Waals surface area contributed by atoms with E-state index < -0.39 is 82.8 Å². The zero-order chi connectivity index (χ0) is 31.8. The van der Waals surface area contributed by atoms with E-state index in [1.807, 2.05) is 0 Å². The highest BCUT2D eigenvalue weighted by atomic mass is 31.2. The first kappa shape index (κ1) is 30.3. The maximum absolute atomic E-state index is 13.3. The average molecular weight is 672 g/mol. The molecule has 45 heavy (non-hydrogen) atoms. The number of ether oxygens (including phenoxy) is 2. The highest BCUT2D eigenvalue weighted by Gasteiger charge is 2.53. The number of anilines is 2. The van der Waals surface area contributed by atoms with E-state index in [9.17, 15) is 33.9 Å². The Labute approximate surface area is 250 Å². The third-order valence-corrected chi connectivity index (χ3v) is 9.81. The molecule has 2 bridgehead atoms. The highest BCUT2D eigenvalue weighted by molar-refractivity contribution is 7.52. The predicted octanol–water partition coefficient (Wildman–Crippen LogP) is -1.68. The molecule has 2 saturated heterocycles. The van der Waals surface area contributed by atoms with Crippen LogP contribution in [0.5, 0.6) is 0 Å². The fourth-order valence-electron chi connectivity index (χ4n) is 5.75. The van der Waals surface area contributed by atoms with E-state index in [2.05, 4.69) is 29.9 Å². The lowest BCUT2D eigenvalue weighted by atomic mass is 10.1. The van der Waals surface area contributed by atoms with Crippen LogP contribution in [0.1, 0.15) is 18.7 Å². The number of aliphatic hydroxyl groups is 2. The Morgan fingerprint density at radius 2 is 1.71 bits per heavy atom. The molecular weight excluding hydrogens is 646 g/mol. The zero-order valence-corrected chi connectivity index (χ0v) is 24.5. The molecule has 9 N–H and O–H groups in total. The minimum atomic E-state index is -5.01. The van der Waals surface area contributed by atoms with E-state index in [4.69, 9.17) is 34.5 Å². The summed E-state index contributed by atoms with van der Waals surface area (Å²) in [5, 5.41) is 22.3. The van der Waals surface area contributed by atoms with Crippen molar-refractivity contribution < 1.29 is 52.2 Å². The molecule has 0 aromatic carbocycles. The van der Waals surface area contributed by atoms with Crippen LogP contribution >= 0.6 is 15.4 Å². The second-order valence-electron chi connectivity index (χ2n) is 10.6. The van der Waals surface area contributed by atoms with Crippen LogP contribution in [0.4, 0.5) is 11.8 Å². The lowest BCUT2D eigenvalue weighted by Crippen LogP contribution is -2.35. The Hall–Kier alpha value is -3.40. The summed E-state index contributed by atoms with van der Waals surface area (Å²) in [5.41, 5.74) is 11.1. The van der Waals surface area contributed by atoms with E-state index in [0.29, 0.717) is 0 Å². The number of imidazole rings is 2. The van der Waals surface area contributed by atoms with Crippen molar-refractivity contribution in [1.82, 2.24) is 39.0 Å². The molecule has 4 unspecified atom stereocenters. The fourth-order valence-corrected chi connectivity index (χ4v) is 7.76. The zero-order valence-electron chi connectivity index (χ0n) is 22.7. The van der Waals surface area contributed by atoms with Gasteiger partial charge in [0.15, 0.2) is 47.6 Å². The number of aliphatic hydroxyl groups excluding tert-OH is 2. The van der Waals surface area contributed by atoms with Crippen LogP contribution in [0.2, 0.25) is 0 Å². The number of phosphoric acid groups is 1. The molecular formula is C21H26N10O12P2. The van der Waals surface area contributed by atoms with Crippen LogP contribution in [0.3, 0.4) is 0 Å². The van der Waals surface area contributed by atoms with Crippen LogP contribution in [0.25, 0.3) is 22.3 Å².